The molecule has 2 rings (SSSR count). The van der Waals surface area contributed by atoms with Crippen LogP contribution in [0.15, 0.2) is 42.5 Å². The zero-order chi connectivity index (χ0) is 20.8. The fraction of sp³-hybridized carbons (Fsp3) is 0.391. The van der Waals surface area contributed by atoms with Crippen molar-refractivity contribution in [2.24, 2.45) is 0 Å². The van der Waals surface area contributed by atoms with E-state index in [4.69, 9.17) is 0 Å². The van der Waals surface area contributed by atoms with E-state index in [1.54, 1.807) is 4.90 Å². The smallest absolute Gasteiger partial charge is 0.312 e. The minimum absolute atomic E-state index is 0.00981. The van der Waals surface area contributed by atoms with E-state index in [1.165, 1.54) is 25.8 Å². The summed E-state index contributed by atoms with van der Waals surface area (Å²) in [7, 11) is 0. The van der Waals surface area contributed by atoms with Gasteiger partial charge in [0.05, 0.1) is 0 Å². The average Bonchev–Trinajstić information content (AvgIpc) is 2.64. The lowest BCUT2D eigenvalue weighted by atomic mass is 9.99. The van der Waals surface area contributed by atoms with E-state index in [9.17, 15) is 9.59 Å². The number of benzene rings is 2. The van der Waals surface area contributed by atoms with Gasteiger partial charge in [0.25, 0.3) is 0 Å². The molecular formula is C23H29IN2O2. The van der Waals surface area contributed by atoms with Crippen LogP contribution in [0.4, 0.5) is 0 Å². The average molecular weight is 492 g/mol. The number of halogens is 1. The highest BCUT2D eigenvalue weighted by molar-refractivity contribution is 14.1. The van der Waals surface area contributed by atoms with Crippen LogP contribution in [0.3, 0.4) is 0 Å². The van der Waals surface area contributed by atoms with Crippen LogP contribution >= 0.6 is 22.6 Å². The predicted octanol–water partition coefficient (Wildman–Crippen LogP) is 4.57. The molecule has 150 valence electrons. The summed E-state index contributed by atoms with van der Waals surface area (Å²) in [6.45, 7) is 10.2. The molecule has 2 aromatic rings. The molecule has 2 amide bonds. The molecule has 1 N–H and O–H groups in total. The monoisotopic (exact) mass is 492 g/mol. The first-order valence-electron chi connectivity index (χ1n) is 9.67. The second-order valence-corrected chi connectivity index (χ2v) is 8.62. The molecule has 28 heavy (non-hydrogen) atoms. The van der Waals surface area contributed by atoms with Gasteiger partial charge in [-0.2, -0.15) is 0 Å². The Bertz CT molecular complexity index is 824. The maximum Gasteiger partial charge on any atom is 0.312 e. The second kappa shape index (κ2) is 10.0. The Balaban J connectivity index is 2.07. The molecule has 0 spiro atoms. The molecule has 2 aromatic carbocycles. The number of nitrogens with zero attached hydrogens (tertiary/aromatic N) is 1. The van der Waals surface area contributed by atoms with Crippen LogP contribution in [0.25, 0.3) is 11.1 Å². The molecule has 0 fully saturated rings. The van der Waals surface area contributed by atoms with Gasteiger partial charge in [-0.15, -0.1) is 0 Å². The molecule has 0 aliphatic rings. The third kappa shape index (κ3) is 5.56. The molecule has 0 heterocycles. The molecule has 0 aliphatic carbocycles. The van der Waals surface area contributed by atoms with Gasteiger partial charge >= 0.3 is 11.8 Å². The number of carbonyl (C=O) groups is 2. The van der Waals surface area contributed by atoms with E-state index in [1.807, 2.05) is 45.9 Å². The van der Waals surface area contributed by atoms with Gasteiger partial charge in [-0.25, -0.2) is 0 Å². The Morgan fingerprint density at radius 1 is 1.00 bits per heavy atom. The van der Waals surface area contributed by atoms with Crippen LogP contribution in [0.1, 0.15) is 38.8 Å². The van der Waals surface area contributed by atoms with Gasteiger partial charge in [0.1, 0.15) is 0 Å². The molecule has 0 saturated carbocycles. The molecule has 0 atom stereocenters. The summed E-state index contributed by atoms with van der Waals surface area (Å²) in [5.41, 5.74) is 4.73. The number of amides is 2. The Morgan fingerprint density at radius 2 is 1.61 bits per heavy atom. The Hall–Kier alpha value is -1.89. The normalized spacial score (nSPS) is 11.0. The lowest BCUT2D eigenvalue weighted by molar-refractivity contribution is -0.148. The highest BCUT2D eigenvalue weighted by Crippen LogP contribution is 2.26. The minimum atomic E-state index is -0.534. The van der Waals surface area contributed by atoms with E-state index in [0.717, 1.165) is 0 Å². The summed E-state index contributed by atoms with van der Waals surface area (Å²) >= 11 is 2.35. The highest BCUT2D eigenvalue weighted by atomic mass is 127. The van der Waals surface area contributed by atoms with Gasteiger partial charge < -0.3 is 10.2 Å². The number of nitrogens with one attached hydrogen (secondary N) is 1. The summed E-state index contributed by atoms with van der Waals surface area (Å²) in [6, 6.07) is 14.6. The molecule has 0 aromatic heterocycles. The first-order chi connectivity index (χ1) is 13.2. The molecule has 5 heteroatoms. The quantitative estimate of drug-likeness (QED) is 0.475. The van der Waals surface area contributed by atoms with E-state index < -0.39 is 11.8 Å². The summed E-state index contributed by atoms with van der Waals surface area (Å²) in [6.07, 6.45) is 0.683. The van der Waals surface area contributed by atoms with Gasteiger partial charge in [0, 0.05) is 22.2 Å². The van der Waals surface area contributed by atoms with Crippen LogP contribution in [0.5, 0.6) is 0 Å². The molecule has 0 radical (unpaired) electrons. The topological polar surface area (TPSA) is 49.4 Å². The fourth-order valence-corrected chi connectivity index (χ4v) is 3.97. The van der Waals surface area contributed by atoms with E-state index in [2.05, 4.69) is 59.1 Å². The van der Waals surface area contributed by atoms with E-state index in [0.29, 0.717) is 13.0 Å². The maximum absolute atomic E-state index is 12.4. The van der Waals surface area contributed by atoms with Crippen molar-refractivity contribution in [2.45, 2.75) is 53.1 Å². The number of carbonyl (C=O) groups excluding carboxylic acids is 2. The van der Waals surface area contributed by atoms with Gasteiger partial charge in [-0.1, -0.05) is 42.5 Å². The number of rotatable bonds is 6. The zero-order valence-corrected chi connectivity index (χ0v) is 19.4. The number of hydrogen-bond donors (Lipinski definition) is 1. The summed E-state index contributed by atoms with van der Waals surface area (Å²) in [5.74, 6) is -0.998. The summed E-state index contributed by atoms with van der Waals surface area (Å²) in [4.78, 5) is 26.4. The van der Waals surface area contributed by atoms with Crippen LogP contribution in [-0.4, -0.2) is 35.3 Å². The Labute approximate surface area is 181 Å². The van der Waals surface area contributed by atoms with Crippen molar-refractivity contribution < 1.29 is 9.59 Å². The van der Waals surface area contributed by atoms with Crippen LogP contribution in [0, 0.1) is 10.5 Å². The lowest BCUT2D eigenvalue weighted by Gasteiger charge is -2.30. The van der Waals surface area contributed by atoms with Crippen molar-refractivity contribution in [2.75, 3.05) is 6.54 Å². The van der Waals surface area contributed by atoms with Gasteiger partial charge in [0.15, 0.2) is 0 Å². The third-order valence-corrected chi connectivity index (χ3v) is 6.20. The standard InChI is InChI=1S/C23H29IN2O2/c1-15(2)26(16(3)4)23(28)22(27)25-12-11-19-14-20(13-17(5)21(19)24)18-9-7-6-8-10-18/h6-10,13-16H,11-12H2,1-5H3,(H,25,27). The van der Waals surface area contributed by atoms with Crippen molar-refractivity contribution in [1.82, 2.24) is 10.2 Å². The third-order valence-electron chi connectivity index (χ3n) is 4.66. The lowest BCUT2D eigenvalue weighted by Crippen LogP contribution is -2.49. The molecule has 4 nitrogen and oxygen atoms in total. The van der Waals surface area contributed by atoms with Crippen LogP contribution in [0.2, 0.25) is 0 Å². The Kier molecular flexibility index (Phi) is 8.04. The van der Waals surface area contributed by atoms with E-state index in [-0.39, 0.29) is 12.1 Å². The van der Waals surface area contributed by atoms with Crippen LogP contribution < -0.4 is 5.32 Å². The molecule has 0 saturated heterocycles. The second-order valence-electron chi connectivity index (χ2n) is 7.54. The summed E-state index contributed by atoms with van der Waals surface area (Å²) < 4.78 is 1.20. The minimum Gasteiger partial charge on any atom is -0.347 e. The molecule has 0 aliphatic heterocycles. The summed E-state index contributed by atoms with van der Waals surface area (Å²) in [5, 5.41) is 2.79. The van der Waals surface area contributed by atoms with Crippen molar-refractivity contribution in [1.29, 1.82) is 0 Å². The largest absolute Gasteiger partial charge is 0.347 e. The number of hydrogen-bond acceptors (Lipinski definition) is 2. The molecule has 0 unspecified atom stereocenters. The van der Waals surface area contributed by atoms with Gasteiger partial charge in [-0.05, 0) is 85.9 Å². The van der Waals surface area contributed by atoms with Crippen LogP contribution in [-0.2, 0) is 16.0 Å². The van der Waals surface area contributed by atoms with Crippen molar-refractivity contribution >= 4 is 34.4 Å². The SMILES string of the molecule is Cc1cc(-c2ccccc2)cc(CCNC(=O)C(=O)N(C(C)C)C(C)C)c1I. The van der Waals surface area contributed by atoms with Gasteiger partial charge in [0.2, 0.25) is 0 Å². The fourth-order valence-electron chi connectivity index (χ4n) is 3.39. The molecular weight excluding hydrogens is 463 g/mol. The first-order valence-corrected chi connectivity index (χ1v) is 10.7. The van der Waals surface area contributed by atoms with Crippen molar-refractivity contribution in [3.63, 3.8) is 0 Å². The molecule has 0 bridgehead atoms. The number of aryl methyl sites for hydroxylation is 1. The first kappa shape index (κ1) is 22.4. The van der Waals surface area contributed by atoms with Crippen molar-refractivity contribution in [3.8, 4) is 11.1 Å². The van der Waals surface area contributed by atoms with Crippen molar-refractivity contribution in [3.05, 3.63) is 57.2 Å². The predicted molar refractivity (Wildman–Crippen MR) is 123 cm³/mol. The zero-order valence-electron chi connectivity index (χ0n) is 17.3. The maximum atomic E-state index is 12.4. The van der Waals surface area contributed by atoms with E-state index >= 15 is 0 Å². The Morgan fingerprint density at radius 3 is 2.18 bits per heavy atom. The highest BCUT2D eigenvalue weighted by Gasteiger charge is 2.26. The van der Waals surface area contributed by atoms with Gasteiger partial charge in [-0.3, -0.25) is 9.59 Å².